The first-order valence-electron chi connectivity index (χ1n) is 30.8. The summed E-state index contributed by atoms with van der Waals surface area (Å²) >= 11 is 0. The molecule has 0 aromatic heterocycles. The monoisotopic (exact) mass is 1000 g/mol. The van der Waals surface area contributed by atoms with E-state index < -0.39 is 13.9 Å². The molecule has 0 heterocycles. The molecule has 2 atom stereocenters. The number of phosphoric ester groups is 1. The van der Waals surface area contributed by atoms with Gasteiger partial charge in [0.25, 0.3) is 7.82 Å². The number of likely N-dealkylation sites (N-methyl/N-ethyl adjacent to an activating group) is 1. The normalized spacial score (nSPS) is 13.3. The van der Waals surface area contributed by atoms with Crippen molar-refractivity contribution in [2.24, 2.45) is 0 Å². The van der Waals surface area contributed by atoms with Crippen LogP contribution < -0.4 is 4.89 Å². The molecule has 0 saturated heterocycles. The average Bonchev–Trinajstić information content (AvgIpc) is 3.31. The lowest BCUT2D eigenvalue weighted by Crippen LogP contribution is -2.37. The van der Waals surface area contributed by atoms with Crippen molar-refractivity contribution < 1.29 is 37.3 Å². The summed E-state index contributed by atoms with van der Waals surface area (Å²) in [6.07, 6.45) is 63.0. The van der Waals surface area contributed by atoms with Gasteiger partial charge in [-0.3, -0.25) is 9.36 Å². The highest BCUT2D eigenvalue weighted by atomic mass is 31.2. The zero-order valence-corrected chi connectivity index (χ0v) is 48.2. The molecule has 0 saturated carbocycles. The molecule has 9 heteroatoms. The van der Waals surface area contributed by atoms with Crippen molar-refractivity contribution in [1.29, 1.82) is 0 Å². The highest BCUT2D eigenvalue weighted by Gasteiger charge is 2.20. The molecule has 0 aliphatic rings. The standard InChI is InChI=1S/C60H122NO7P/c1-6-8-10-12-14-16-18-20-22-24-26-28-30-32-34-36-38-40-42-44-46-48-50-52-55-65-57-59(58-67-69(63,64)66-56-54-61(3,4)5)68-60(62)53-51-49-47-45-43-41-39-37-35-33-31-29-27-25-23-21-19-17-15-13-11-9-7-2/h59H,6-58H2,1-5H3. The summed E-state index contributed by atoms with van der Waals surface area (Å²) in [5.74, 6) is -0.322. The zero-order valence-electron chi connectivity index (χ0n) is 47.3. The van der Waals surface area contributed by atoms with Crippen LogP contribution in [0, 0.1) is 0 Å². The molecular formula is C60H122NO7P. The van der Waals surface area contributed by atoms with Crippen LogP contribution in [0.25, 0.3) is 0 Å². The summed E-state index contributed by atoms with van der Waals surface area (Å²) < 4.78 is 34.9. The summed E-state index contributed by atoms with van der Waals surface area (Å²) in [6, 6.07) is 0. The lowest BCUT2D eigenvalue weighted by atomic mass is 10.0. The van der Waals surface area contributed by atoms with E-state index in [1.165, 1.54) is 270 Å². The molecular weight excluding hydrogens is 878 g/mol. The first-order valence-corrected chi connectivity index (χ1v) is 32.2. The van der Waals surface area contributed by atoms with Crippen molar-refractivity contribution in [2.75, 3.05) is 54.1 Å². The van der Waals surface area contributed by atoms with Gasteiger partial charge in [-0.2, -0.15) is 0 Å². The van der Waals surface area contributed by atoms with Crippen LogP contribution in [0.5, 0.6) is 0 Å². The molecule has 2 unspecified atom stereocenters. The minimum absolute atomic E-state index is 0.0321. The molecule has 0 rings (SSSR count). The number of quaternary nitrogens is 1. The molecule has 414 valence electrons. The van der Waals surface area contributed by atoms with Crippen LogP contribution in [0.1, 0.15) is 322 Å². The van der Waals surface area contributed by atoms with Gasteiger partial charge in [0, 0.05) is 13.0 Å². The first kappa shape index (κ1) is 68.5. The number of nitrogens with zero attached hydrogens (tertiary/aromatic N) is 1. The predicted octanol–water partition coefficient (Wildman–Crippen LogP) is 18.9. The van der Waals surface area contributed by atoms with Crippen LogP contribution in [0.4, 0.5) is 0 Å². The minimum Gasteiger partial charge on any atom is -0.756 e. The maximum absolute atomic E-state index is 12.8. The number of ether oxygens (including phenoxy) is 2. The predicted molar refractivity (Wildman–Crippen MR) is 296 cm³/mol. The minimum atomic E-state index is -4.53. The Morgan fingerprint density at radius 2 is 0.667 bits per heavy atom. The number of esters is 1. The molecule has 0 radical (unpaired) electrons. The first-order chi connectivity index (χ1) is 33.6. The second-order valence-corrected chi connectivity index (χ2v) is 23.8. The molecule has 0 N–H and O–H groups in total. The second kappa shape index (κ2) is 53.8. The van der Waals surface area contributed by atoms with E-state index in [-0.39, 0.29) is 25.8 Å². The van der Waals surface area contributed by atoms with E-state index in [2.05, 4.69) is 13.8 Å². The van der Waals surface area contributed by atoms with Crippen molar-refractivity contribution in [2.45, 2.75) is 328 Å². The quantitative estimate of drug-likeness (QED) is 0.0259. The molecule has 0 fully saturated rings. The van der Waals surface area contributed by atoms with E-state index in [0.717, 1.165) is 32.1 Å². The van der Waals surface area contributed by atoms with E-state index in [0.29, 0.717) is 24.1 Å². The number of rotatable bonds is 59. The Morgan fingerprint density at radius 1 is 0.391 bits per heavy atom. The zero-order chi connectivity index (χ0) is 50.5. The van der Waals surface area contributed by atoms with Gasteiger partial charge in [-0.05, 0) is 12.8 Å². The van der Waals surface area contributed by atoms with Gasteiger partial charge >= 0.3 is 5.97 Å². The molecule has 69 heavy (non-hydrogen) atoms. The number of carbonyl (C=O) groups is 1. The van der Waals surface area contributed by atoms with E-state index in [1.807, 2.05) is 21.1 Å². The van der Waals surface area contributed by atoms with Crippen molar-refractivity contribution in [3.63, 3.8) is 0 Å². The number of phosphoric acid groups is 1. The van der Waals surface area contributed by atoms with Gasteiger partial charge < -0.3 is 27.9 Å². The molecule has 0 aliphatic heterocycles. The SMILES string of the molecule is CCCCCCCCCCCCCCCCCCCCCCCCCCOCC(COP(=O)([O-])OCC[N+](C)(C)C)OC(=O)CCCCCCCCCCCCCCCCCCCCCCCCC. The Hall–Kier alpha value is -0.500. The van der Waals surface area contributed by atoms with Crippen LogP contribution in [0.15, 0.2) is 0 Å². The largest absolute Gasteiger partial charge is 0.756 e. The molecule has 0 aromatic carbocycles. The van der Waals surface area contributed by atoms with E-state index >= 15 is 0 Å². The molecule has 0 amide bonds. The third-order valence-electron chi connectivity index (χ3n) is 14.2. The fourth-order valence-electron chi connectivity index (χ4n) is 9.44. The van der Waals surface area contributed by atoms with E-state index in [1.54, 1.807) is 0 Å². The molecule has 0 aliphatic carbocycles. The summed E-state index contributed by atoms with van der Waals surface area (Å²) in [5, 5.41) is 0. The molecule has 0 aromatic rings. The van der Waals surface area contributed by atoms with Crippen LogP contribution in [0.3, 0.4) is 0 Å². The number of carbonyl (C=O) groups excluding carboxylic acids is 1. The van der Waals surface area contributed by atoms with Crippen LogP contribution in [-0.2, 0) is 27.9 Å². The van der Waals surface area contributed by atoms with Crippen molar-refractivity contribution >= 4 is 13.8 Å². The van der Waals surface area contributed by atoms with Gasteiger partial charge in [0.2, 0.25) is 0 Å². The van der Waals surface area contributed by atoms with E-state index in [4.69, 9.17) is 18.5 Å². The number of hydrogen-bond donors (Lipinski definition) is 0. The van der Waals surface area contributed by atoms with Crippen molar-refractivity contribution in [3.05, 3.63) is 0 Å². The van der Waals surface area contributed by atoms with Gasteiger partial charge in [-0.25, -0.2) is 0 Å². The third-order valence-corrected chi connectivity index (χ3v) is 15.1. The van der Waals surface area contributed by atoms with Gasteiger partial charge in [0.15, 0.2) is 0 Å². The average molecular weight is 1000 g/mol. The Bertz CT molecular complexity index is 1070. The lowest BCUT2D eigenvalue weighted by Gasteiger charge is -2.28. The summed E-state index contributed by atoms with van der Waals surface area (Å²) in [7, 11) is 1.38. The summed E-state index contributed by atoms with van der Waals surface area (Å²) in [5.41, 5.74) is 0. The van der Waals surface area contributed by atoms with Gasteiger partial charge in [0.1, 0.15) is 19.3 Å². The Morgan fingerprint density at radius 3 is 0.957 bits per heavy atom. The van der Waals surface area contributed by atoms with Gasteiger partial charge in [-0.15, -0.1) is 0 Å². The lowest BCUT2D eigenvalue weighted by molar-refractivity contribution is -0.870. The summed E-state index contributed by atoms with van der Waals surface area (Å²) in [6.45, 7) is 5.52. The van der Waals surface area contributed by atoms with Crippen LogP contribution >= 0.6 is 7.82 Å². The maximum Gasteiger partial charge on any atom is 0.306 e. The fourth-order valence-corrected chi connectivity index (χ4v) is 10.2. The Kier molecular flexibility index (Phi) is 53.4. The van der Waals surface area contributed by atoms with Crippen LogP contribution in [-0.4, -0.2) is 70.7 Å². The Balaban J connectivity index is 3.97. The highest BCUT2D eigenvalue weighted by molar-refractivity contribution is 7.45. The smallest absolute Gasteiger partial charge is 0.306 e. The second-order valence-electron chi connectivity index (χ2n) is 22.4. The van der Waals surface area contributed by atoms with Crippen molar-refractivity contribution in [1.82, 2.24) is 0 Å². The summed E-state index contributed by atoms with van der Waals surface area (Å²) in [4.78, 5) is 25.3. The van der Waals surface area contributed by atoms with E-state index in [9.17, 15) is 14.3 Å². The fraction of sp³-hybridized carbons (Fsp3) is 0.983. The number of unbranched alkanes of at least 4 members (excludes halogenated alkanes) is 45. The topological polar surface area (TPSA) is 94.1 Å². The molecule has 0 spiro atoms. The molecule has 0 bridgehead atoms. The molecule has 8 nitrogen and oxygen atoms in total. The van der Waals surface area contributed by atoms with Crippen LogP contribution in [0.2, 0.25) is 0 Å². The third kappa shape index (κ3) is 58.3. The van der Waals surface area contributed by atoms with Crippen molar-refractivity contribution in [3.8, 4) is 0 Å². The van der Waals surface area contributed by atoms with Gasteiger partial charge in [0.05, 0.1) is 34.4 Å². The number of hydrogen-bond acceptors (Lipinski definition) is 7. The highest BCUT2D eigenvalue weighted by Crippen LogP contribution is 2.38. The maximum atomic E-state index is 12.8. The van der Waals surface area contributed by atoms with Gasteiger partial charge in [-0.1, -0.05) is 303 Å². The Labute approximate surface area is 431 Å².